The van der Waals surface area contributed by atoms with E-state index in [0.29, 0.717) is 12.2 Å². The number of aromatic nitrogens is 2. The minimum absolute atomic E-state index is 0.368. The molecule has 2 aliphatic rings. The van der Waals surface area contributed by atoms with Gasteiger partial charge in [0.05, 0.1) is 6.61 Å². The molecule has 0 saturated carbocycles. The Bertz CT molecular complexity index is 852. The molecule has 0 amide bonds. The van der Waals surface area contributed by atoms with Gasteiger partial charge in [0.25, 0.3) is 5.56 Å². The monoisotopic (exact) mass is 409 g/mol. The molecule has 0 radical (unpaired) electrons. The molecular weight excluding hydrogens is 382 g/mol. The molecule has 1 saturated heterocycles. The van der Waals surface area contributed by atoms with E-state index in [-0.39, 0.29) is 0 Å². The van der Waals surface area contributed by atoms with Gasteiger partial charge in [-0.25, -0.2) is 9.80 Å². The summed E-state index contributed by atoms with van der Waals surface area (Å²) in [6, 6.07) is 1.17. The highest BCUT2D eigenvalue weighted by molar-refractivity contribution is 5.04. The standard InChI is InChI=1S/C18H27N5O6/c1-3-4-5-6-8-23-16(11(2)20-21-23)29-15-14(26)12(10-24)28-17(15)22-9-7-13(25)19-18(22)27/h7,9,12,14-17,24,26H,2-6,8,10H2,1H3,(H,19,25,27)/t12-,14-,15-,16?,17-/m1/s1. The van der Waals surface area contributed by atoms with Crippen LogP contribution in [0.4, 0.5) is 0 Å². The number of nitrogens with one attached hydrogen (secondary N) is 1. The maximum atomic E-state index is 12.2. The molecular formula is C18H27N5O6. The molecule has 29 heavy (non-hydrogen) atoms. The summed E-state index contributed by atoms with van der Waals surface area (Å²) in [4.78, 5) is 25.7. The molecule has 0 aliphatic carbocycles. The van der Waals surface area contributed by atoms with Crippen LogP contribution in [-0.2, 0) is 9.47 Å². The Balaban J connectivity index is 1.79. The molecule has 0 aromatic carbocycles. The number of aliphatic hydroxyl groups is 2. The topological polar surface area (TPSA) is 142 Å². The minimum atomic E-state index is -1.21. The summed E-state index contributed by atoms with van der Waals surface area (Å²) in [6.45, 7) is 6.11. The summed E-state index contributed by atoms with van der Waals surface area (Å²) in [5.74, 6) is 0. The highest BCUT2D eigenvalue weighted by atomic mass is 16.6. The second-order valence-corrected chi connectivity index (χ2v) is 7.11. The Morgan fingerprint density at radius 1 is 1.34 bits per heavy atom. The highest BCUT2D eigenvalue weighted by Crippen LogP contribution is 2.34. The van der Waals surface area contributed by atoms with E-state index in [1.165, 1.54) is 12.3 Å². The predicted molar refractivity (Wildman–Crippen MR) is 102 cm³/mol. The minimum Gasteiger partial charge on any atom is -0.394 e. The largest absolute Gasteiger partial charge is 0.394 e. The molecule has 1 aromatic rings. The van der Waals surface area contributed by atoms with Crippen LogP contribution in [0.25, 0.3) is 0 Å². The number of hydrogen-bond donors (Lipinski definition) is 3. The van der Waals surface area contributed by atoms with E-state index in [0.717, 1.165) is 30.3 Å². The van der Waals surface area contributed by atoms with Crippen LogP contribution in [0, 0.1) is 0 Å². The molecule has 5 atom stereocenters. The zero-order valence-electron chi connectivity index (χ0n) is 16.3. The van der Waals surface area contributed by atoms with Crippen LogP contribution in [0.1, 0.15) is 38.8 Å². The van der Waals surface area contributed by atoms with Crippen molar-refractivity contribution in [2.24, 2.45) is 10.3 Å². The van der Waals surface area contributed by atoms with Gasteiger partial charge in [0.2, 0.25) is 0 Å². The molecule has 3 N–H and O–H groups in total. The Kier molecular flexibility index (Phi) is 6.96. The summed E-state index contributed by atoms with van der Waals surface area (Å²) < 4.78 is 12.8. The second-order valence-electron chi connectivity index (χ2n) is 7.11. The first-order valence-electron chi connectivity index (χ1n) is 9.74. The number of aromatic amines is 1. The molecule has 1 fully saturated rings. The molecule has 0 bridgehead atoms. The zero-order valence-corrected chi connectivity index (χ0v) is 16.3. The van der Waals surface area contributed by atoms with E-state index >= 15 is 0 Å². The summed E-state index contributed by atoms with van der Waals surface area (Å²) >= 11 is 0. The Morgan fingerprint density at radius 2 is 2.14 bits per heavy atom. The van der Waals surface area contributed by atoms with Crippen molar-refractivity contribution in [3.8, 4) is 0 Å². The molecule has 1 aromatic heterocycles. The summed E-state index contributed by atoms with van der Waals surface area (Å²) in [7, 11) is 0. The normalized spacial score (nSPS) is 29.1. The second kappa shape index (κ2) is 9.44. The fourth-order valence-corrected chi connectivity index (χ4v) is 3.41. The quantitative estimate of drug-likeness (QED) is 0.497. The number of unbranched alkanes of at least 4 members (excludes halogenated alkanes) is 3. The van der Waals surface area contributed by atoms with Gasteiger partial charge in [0.1, 0.15) is 24.0 Å². The van der Waals surface area contributed by atoms with Crippen molar-refractivity contribution in [2.45, 2.75) is 63.4 Å². The average Bonchev–Trinajstić information content (AvgIpc) is 3.20. The van der Waals surface area contributed by atoms with Crippen molar-refractivity contribution in [3.05, 3.63) is 45.4 Å². The van der Waals surface area contributed by atoms with Gasteiger partial charge in [-0.3, -0.25) is 14.3 Å². The predicted octanol–water partition coefficient (Wildman–Crippen LogP) is 0.275. The molecule has 1 unspecified atom stereocenters. The van der Waals surface area contributed by atoms with Gasteiger partial charge in [0.15, 0.2) is 12.5 Å². The Hall–Kier alpha value is -2.34. The van der Waals surface area contributed by atoms with Crippen molar-refractivity contribution in [3.63, 3.8) is 0 Å². The number of ether oxygens (including phenoxy) is 2. The maximum Gasteiger partial charge on any atom is 0.330 e. The average molecular weight is 409 g/mol. The lowest BCUT2D eigenvalue weighted by molar-refractivity contribution is -0.131. The molecule has 160 valence electrons. The lowest BCUT2D eigenvalue weighted by Gasteiger charge is -2.29. The zero-order chi connectivity index (χ0) is 21.0. The smallest absolute Gasteiger partial charge is 0.330 e. The molecule has 11 nitrogen and oxygen atoms in total. The van der Waals surface area contributed by atoms with Crippen LogP contribution in [0.15, 0.2) is 44.5 Å². The van der Waals surface area contributed by atoms with Crippen LogP contribution < -0.4 is 11.2 Å². The van der Waals surface area contributed by atoms with Gasteiger partial charge in [0, 0.05) is 18.8 Å². The third-order valence-electron chi connectivity index (χ3n) is 4.99. The fraction of sp³-hybridized carbons (Fsp3) is 0.667. The summed E-state index contributed by atoms with van der Waals surface area (Å²) in [5, 5.41) is 29.8. The third kappa shape index (κ3) is 4.64. The number of hydrogen-bond acceptors (Lipinski definition) is 9. The van der Waals surface area contributed by atoms with Gasteiger partial charge in [-0.2, -0.15) is 0 Å². The van der Waals surface area contributed by atoms with Crippen molar-refractivity contribution >= 4 is 0 Å². The van der Waals surface area contributed by atoms with E-state index in [4.69, 9.17) is 9.47 Å². The summed E-state index contributed by atoms with van der Waals surface area (Å²) in [6.07, 6.45) is 0.462. The molecule has 11 heteroatoms. The SMILES string of the molecule is C=C1N=NN(CCCCCC)C1O[C@@H]1[C@H](O)[C@@H](CO)O[C@H]1n1ccc(=O)[nH]c1=O. The van der Waals surface area contributed by atoms with Crippen LogP contribution in [0.2, 0.25) is 0 Å². The van der Waals surface area contributed by atoms with Gasteiger partial charge < -0.3 is 19.7 Å². The van der Waals surface area contributed by atoms with E-state index in [1.807, 2.05) is 0 Å². The summed E-state index contributed by atoms with van der Waals surface area (Å²) in [5.41, 5.74) is -0.897. The fourth-order valence-electron chi connectivity index (χ4n) is 3.41. The highest BCUT2D eigenvalue weighted by Gasteiger charge is 2.48. The van der Waals surface area contributed by atoms with Gasteiger partial charge >= 0.3 is 5.69 Å². The maximum absolute atomic E-state index is 12.2. The van der Waals surface area contributed by atoms with E-state index < -0.39 is 48.6 Å². The van der Waals surface area contributed by atoms with Gasteiger partial charge in [-0.15, -0.1) is 5.11 Å². The molecule has 2 aliphatic heterocycles. The van der Waals surface area contributed by atoms with Crippen molar-refractivity contribution in [2.75, 3.05) is 13.2 Å². The third-order valence-corrected chi connectivity index (χ3v) is 4.99. The van der Waals surface area contributed by atoms with E-state index in [9.17, 15) is 19.8 Å². The number of nitrogens with zero attached hydrogens (tertiary/aromatic N) is 4. The Morgan fingerprint density at radius 3 is 2.83 bits per heavy atom. The van der Waals surface area contributed by atoms with E-state index in [2.05, 4.69) is 28.8 Å². The van der Waals surface area contributed by atoms with Crippen LogP contribution in [0.5, 0.6) is 0 Å². The van der Waals surface area contributed by atoms with Crippen molar-refractivity contribution in [1.29, 1.82) is 0 Å². The first-order chi connectivity index (χ1) is 14.0. The Labute approximate surface area is 167 Å². The van der Waals surface area contributed by atoms with Crippen LogP contribution >= 0.6 is 0 Å². The van der Waals surface area contributed by atoms with Crippen LogP contribution in [0.3, 0.4) is 0 Å². The number of aliphatic hydroxyl groups excluding tert-OH is 2. The molecule has 3 heterocycles. The van der Waals surface area contributed by atoms with Crippen LogP contribution in [-0.4, -0.2) is 62.5 Å². The first-order valence-corrected chi connectivity index (χ1v) is 9.74. The lowest BCUT2D eigenvalue weighted by atomic mass is 10.1. The van der Waals surface area contributed by atoms with Gasteiger partial charge in [-0.1, -0.05) is 38.0 Å². The van der Waals surface area contributed by atoms with E-state index in [1.54, 1.807) is 5.01 Å². The first kappa shape index (κ1) is 21.4. The molecule has 0 spiro atoms. The lowest BCUT2D eigenvalue weighted by Crippen LogP contribution is -2.44. The van der Waals surface area contributed by atoms with Crippen molar-refractivity contribution < 1.29 is 19.7 Å². The van der Waals surface area contributed by atoms with Gasteiger partial charge in [-0.05, 0) is 6.42 Å². The molecule has 3 rings (SSSR count). The number of H-pyrrole nitrogens is 1. The number of rotatable bonds is 9. The van der Waals surface area contributed by atoms with Crippen molar-refractivity contribution in [1.82, 2.24) is 14.6 Å².